The summed E-state index contributed by atoms with van der Waals surface area (Å²) in [4.78, 5) is 17.4. The number of benzene rings is 1. The predicted molar refractivity (Wildman–Crippen MR) is 100 cm³/mol. The van der Waals surface area contributed by atoms with Crippen molar-refractivity contribution >= 4 is 22.6 Å². The van der Waals surface area contributed by atoms with Crippen LogP contribution in [0.25, 0.3) is 22.5 Å². The third-order valence-corrected chi connectivity index (χ3v) is 5.58. The Bertz CT molecular complexity index is 997. The number of nitrogens with zero attached hydrogens (tertiary/aromatic N) is 2. The largest absolute Gasteiger partial charge is 0.403 e. The molecule has 0 saturated heterocycles. The Morgan fingerprint density at radius 3 is 2.68 bits per heavy atom. The number of hydrogen-bond donors (Lipinski definition) is 0. The molecule has 0 unspecified atom stereocenters. The summed E-state index contributed by atoms with van der Waals surface area (Å²) in [5, 5.41) is 1.20. The molecule has 1 aliphatic rings. The molecule has 1 fully saturated rings. The normalized spacial score (nSPS) is 15.8. The highest BCUT2D eigenvalue weighted by atomic mass is 35.5. The van der Waals surface area contributed by atoms with Crippen LogP contribution < -0.4 is 5.63 Å². The van der Waals surface area contributed by atoms with E-state index in [0.29, 0.717) is 22.3 Å². The molecule has 1 saturated carbocycles. The minimum atomic E-state index is -0.324. The lowest BCUT2D eigenvalue weighted by atomic mass is 9.95. The summed E-state index contributed by atoms with van der Waals surface area (Å²) in [5.41, 5.74) is 3.23. The van der Waals surface area contributed by atoms with Crippen LogP contribution in [0.3, 0.4) is 0 Å². The maximum absolute atomic E-state index is 12.7. The molecule has 4 nitrogen and oxygen atoms in total. The molecular weight excluding hydrogens is 336 g/mol. The van der Waals surface area contributed by atoms with Crippen molar-refractivity contribution in [2.75, 3.05) is 0 Å². The second-order valence-electron chi connectivity index (χ2n) is 6.89. The topological polar surface area (TPSA) is 48.0 Å². The van der Waals surface area contributed by atoms with Gasteiger partial charge in [0.05, 0.1) is 0 Å². The second kappa shape index (κ2) is 6.34. The molecule has 5 heteroatoms. The summed E-state index contributed by atoms with van der Waals surface area (Å²) >= 11 is 6.08. The smallest absolute Gasteiger partial charge is 0.349 e. The fourth-order valence-corrected chi connectivity index (χ4v) is 4.14. The SMILES string of the molecule is Cc1c(C)n(C2CCCCC2)c2nc(-c3cccc(Cl)c3)oc(=O)c12. The second-order valence-corrected chi connectivity index (χ2v) is 7.32. The number of halogens is 1. The molecule has 1 aliphatic carbocycles. The number of hydrogen-bond acceptors (Lipinski definition) is 3. The van der Waals surface area contributed by atoms with Gasteiger partial charge in [-0.15, -0.1) is 0 Å². The van der Waals surface area contributed by atoms with Crippen molar-refractivity contribution < 1.29 is 4.42 Å². The van der Waals surface area contributed by atoms with E-state index >= 15 is 0 Å². The standard InChI is InChI=1S/C20H21ClN2O2/c1-12-13(2)23(16-9-4-3-5-10-16)18-17(12)20(24)25-19(22-18)14-7-6-8-15(21)11-14/h6-8,11,16H,3-5,9-10H2,1-2H3. The van der Waals surface area contributed by atoms with Crippen LogP contribution >= 0.6 is 11.6 Å². The van der Waals surface area contributed by atoms with Crippen LogP contribution in [0.4, 0.5) is 0 Å². The van der Waals surface area contributed by atoms with Crippen LogP contribution in [0.15, 0.2) is 33.5 Å². The van der Waals surface area contributed by atoms with Crippen molar-refractivity contribution in [1.29, 1.82) is 0 Å². The molecular formula is C20H21ClN2O2. The van der Waals surface area contributed by atoms with Gasteiger partial charge in [0.25, 0.3) is 0 Å². The lowest BCUT2D eigenvalue weighted by Gasteiger charge is -2.25. The Morgan fingerprint density at radius 1 is 1.20 bits per heavy atom. The number of rotatable bonds is 2. The zero-order chi connectivity index (χ0) is 17.6. The van der Waals surface area contributed by atoms with Gasteiger partial charge in [-0.1, -0.05) is 36.9 Å². The van der Waals surface area contributed by atoms with Crippen molar-refractivity contribution in [3.63, 3.8) is 0 Å². The van der Waals surface area contributed by atoms with Crippen molar-refractivity contribution in [3.8, 4) is 11.5 Å². The summed E-state index contributed by atoms with van der Waals surface area (Å²) in [7, 11) is 0. The van der Waals surface area contributed by atoms with E-state index < -0.39 is 0 Å². The van der Waals surface area contributed by atoms with E-state index in [-0.39, 0.29) is 5.63 Å². The highest BCUT2D eigenvalue weighted by Crippen LogP contribution is 2.34. The Hall–Kier alpha value is -2.07. The molecule has 2 aromatic heterocycles. The van der Waals surface area contributed by atoms with Crippen LogP contribution in [-0.4, -0.2) is 9.55 Å². The lowest BCUT2D eigenvalue weighted by Crippen LogP contribution is -2.15. The highest BCUT2D eigenvalue weighted by molar-refractivity contribution is 6.30. The zero-order valence-corrected chi connectivity index (χ0v) is 15.3. The van der Waals surface area contributed by atoms with Crippen LogP contribution in [0.1, 0.15) is 49.4 Å². The third kappa shape index (κ3) is 2.78. The van der Waals surface area contributed by atoms with E-state index in [9.17, 15) is 4.79 Å². The minimum Gasteiger partial charge on any atom is -0.403 e. The molecule has 0 N–H and O–H groups in total. The first-order valence-corrected chi connectivity index (χ1v) is 9.22. The molecule has 0 spiro atoms. The molecule has 3 aromatic rings. The minimum absolute atomic E-state index is 0.324. The molecule has 0 radical (unpaired) electrons. The average Bonchev–Trinajstić information content (AvgIpc) is 2.87. The highest BCUT2D eigenvalue weighted by Gasteiger charge is 2.24. The van der Waals surface area contributed by atoms with E-state index in [1.54, 1.807) is 12.1 Å². The van der Waals surface area contributed by atoms with Crippen LogP contribution in [0.5, 0.6) is 0 Å². The number of aryl methyl sites for hydroxylation is 1. The van der Waals surface area contributed by atoms with E-state index in [2.05, 4.69) is 11.5 Å². The maximum atomic E-state index is 12.7. The Kier molecular flexibility index (Phi) is 4.16. The van der Waals surface area contributed by atoms with Crippen molar-refractivity contribution in [2.45, 2.75) is 52.0 Å². The average molecular weight is 357 g/mol. The maximum Gasteiger partial charge on any atom is 0.349 e. The lowest BCUT2D eigenvalue weighted by molar-refractivity contribution is 0.355. The first-order chi connectivity index (χ1) is 12.1. The van der Waals surface area contributed by atoms with Crippen LogP contribution in [-0.2, 0) is 0 Å². The van der Waals surface area contributed by atoms with Gasteiger partial charge in [-0.25, -0.2) is 4.79 Å². The number of fused-ring (bicyclic) bond motifs is 1. The first kappa shape index (κ1) is 16.4. The molecule has 4 rings (SSSR count). The number of aromatic nitrogens is 2. The molecule has 0 atom stereocenters. The van der Waals surface area contributed by atoms with Gasteiger partial charge in [-0.05, 0) is 50.5 Å². The monoisotopic (exact) mass is 356 g/mol. The quantitative estimate of drug-likeness (QED) is 0.615. The van der Waals surface area contributed by atoms with Crippen LogP contribution in [0, 0.1) is 13.8 Å². The van der Waals surface area contributed by atoms with Gasteiger partial charge in [0, 0.05) is 22.3 Å². The fourth-order valence-electron chi connectivity index (χ4n) is 3.95. The Balaban J connectivity index is 1.96. The summed E-state index contributed by atoms with van der Waals surface area (Å²) in [6, 6.07) is 7.66. The van der Waals surface area contributed by atoms with Crippen molar-refractivity contribution in [2.24, 2.45) is 0 Å². The molecule has 0 amide bonds. The Labute approximate surface area is 151 Å². The van der Waals surface area contributed by atoms with Gasteiger partial charge >= 0.3 is 5.63 Å². The molecule has 25 heavy (non-hydrogen) atoms. The Morgan fingerprint density at radius 2 is 1.96 bits per heavy atom. The summed E-state index contributed by atoms with van der Waals surface area (Å²) in [5.74, 6) is 0.328. The van der Waals surface area contributed by atoms with Gasteiger partial charge in [-0.3, -0.25) is 0 Å². The predicted octanol–water partition coefficient (Wildman–Crippen LogP) is 5.43. The molecule has 130 valence electrons. The van der Waals surface area contributed by atoms with Crippen LogP contribution in [0.2, 0.25) is 5.02 Å². The zero-order valence-electron chi connectivity index (χ0n) is 14.5. The fraction of sp³-hybridized carbons (Fsp3) is 0.400. The van der Waals surface area contributed by atoms with Gasteiger partial charge in [0.15, 0.2) is 5.65 Å². The summed E-state index contributed by atoms with van der Waals surface area (Å²) in [6.45, 7) is 4.05. The van der Waals surface area contributed by atoms with E-state index in [0.717, 1.165) is 35.3 Å². The van der Waals surface area contributed by atoms with E-state index in [4.69, 9.17) is 21.0 Å². The van der Waals surface area contributed by atoms with Crippen molar-refractivity contribution in [3.05, 3.63) is 51.0 Å². The molecule has 2 heterocycles. The van der Waals surface area contributed by atoms with Gasteiger partial charge < -0.3 is 8.98 Å². The van der Waals surface area contributed by atoms with Crippen molar-refractivity contribution in [1.82, 2.24) is 9.55 Å². The van der Waals surface area contributed by atoms with Gasteiger partial charge in [-0.2, -0.15) is 4.98 Å². The third-order valence-electron chi connectivity index (χ3n) is 5.34. The van der Waals surface area contributed by atoms with E-state index in [1.807, 2.05) is 19.1 Å². The molecule has 1 aromatic carbocycles. The van der Waals surface area contributed by atoms with E-state index in [1.165, 1.54) is 19.3 Å². The van der Waals surface area contributed by atoms with Gasteiger partial charge in [0.2, 0.25) is 5.89 Å². The molecule has 0 bridgehead atoms. The first-order valence-electron chi connectivity index (χ1n) is 8.84. The summed E-state index contributed by atoms with van der Waals surface area (Å²) < 4.78 is 7.79. The van der Waals surface area contributed by atoms with Gasteiger partial charge in [0.1, 0.15) is 5.39 Å². The molecule has 0 aliphatic heterocycles. The summed E-state index contributed by atoms with van der Waals surface area (Å²) in [6.07, 6.45) is 6.02.